The van der Waals surface area contributed by atoms with Crippen molar-refractivity contribution in [1.82, 2.24) is 15.8 Å². The van der Waals surface area contributed by atoms with E-state index in [-0.39, 0.29) is 11.7 Å². The third-order valence-electron chi connectivity index (χ3n) is 5.71. The molecule has 4 atom stereocenters. The van der Waals surface area contributed by atoms with E-state index in [1.165, 1.54) is 17.7 Å². The molecule has 0 bridgehead atoms. The summed E-state index contributed by atoms with van der Waals surface area (Å²) in [4.78, 5) is 2.36. The first kappa shape index (κ1) is 17.6. The van der Waals surface area contributed by atoms with Crippen molar-refractivity contribution < 1.29 is 9.50 Å². The standard InChI is InChI=1S/C21H26FN3O/c22-18-8-6-15(7-9-18)19-10-11-25(14-20(19)26)13-17-12-23-24-21(17)16-4-2-1-3-5-16/h1-9,17,19-21,23-24,26H,10-14H2/t17?,19-,20+,21?/m0/s1. The second kappa shape index (κ2) is 7.84. The summed E-state index contributed by atoms with van der Waals surface area (Å²) >= 11 is 0. The van der Waals surface area contributed by atoms with Crippen molar-refractivity contribution >= 4 is 0 Å². The van der Waals surface area contributed by atoms with Crippen molar-refractivity contribution in [3.05, 3.63) is 71.5 Å². The fourth-order valence-corrected chi connectivity index (χ4v) is 4.31. The number of aliphatic hydroxyl groups is 1. The van der Waals surface area contributed by atoms with Gasteiger partial charge in [-0.1, -0.05) is 42.5 Å². The summed E-state index contributed by atoms with van der Waals surface area (Å²) in [6.07, 6.45) is 0.489. The molecule has 2 saturated heterocycles. The molecule has 0 saturated carbocycles. The number of hydrogen-bond donors (Lipinski definition) is 3. The highest BCUT2D eigenvalue weighted by atomic mass is 19.1. The molecule has 26 heavy (non-hydrogen) atoms. The number of hydrogen-bond acceptors (Lipinski definition) is 4. The number of aliphatic hydroxyl groups excluding tert-OH is 1. The summed E-state index contributed by atoms with van der Waals surface area (Å²) in [6.45, 7) is 3.50. The van der Waals surface area contributed by atoms with E-state index < -0.39 is 6.10 Å². The van der Waals surface area contributed by atoms with Crippen LogP contribution in [0.15, 0.2) is 54.6 Å². The molecular weight excluding hydrogens is 329 g/mol. The second-order valence-corrected chi connectivity index (χ2v) is 7.45. The van der Waals surface area contributed by atoms with Crippen molar-refractivity contribution in [3.63, 3.8) is 0 Å². The monoisotopic (exact) mass is 355 g/mol. The molecule has 0 aliphatic carbocycles. The molecule has 4 rings (SSSR count). The van der Waals surface area contributed by atoms with E-state index in [2.05, 4.69) is 40.0 Å². The van der Waals surface area contributed by atoms with Crippen molar-refractivity contribution in [2.75, 3.05) is 26.2 Å². The second-order valence-electron chi connectivity index (χ2n) is 7.45. The van der Waals surface area contributed by atoms with Crippen LogP contribution in [0.4, 0.5) is 4.39 Å². The lowest BCUT2D eigenvalue weighted by Crippen LogP contribution is -2.45. The maximum Gasteiger partial charge on any atom is 0.123 e. The van der Waals surface area contributed by atoms with E-state index >= 15 is 0 Å². The van der Waals surface area contributed by atoms with E-state index in [1.54, 1.807) is 12.1 Å². The van der Waals surface area contributed by atoms with Gasteiger partial charge < -0.3 is 10.0 Å². The van der Waals surface area contributed by atoms with Gasteiger partial charge in [0.05, 0.1) is 12.1 Å². The van der Waals surface area contributed by atoms with Crippen LogP contribution in [0.2, 0.25) is 0 Å². The Morgan fingerprint density at radius 3 is 2.54 bits per heavy atom. The highest BCUT2D eigenvalue weighted by Crippen LogP contribution is 2.31. The summed E-state index contributed by atoms with van der Waals surface area (Å²) in [7, 11) is 0. The summed E-state index contributed by atoms with van der Waals surface area (Å²) in [6, 6.07) is 17.4. The van der Waals surface area contributed by atoms with E-state index in [4.69, 9.17) is 0 Å². The smallest absolute Gasteiger partial charge is 0.123 e. The largest absolute Gasteiger partial charge is 0.391 e. The Labute approximate surface area is 154 Å². The number of rotatable bonds is 4. The predicted molar refractivity (Wildman–Crippen MR) is 100 cm³/mol. The first-order chi connectivity index (χ1) is 12.7. The number of nitrogens with one attached hydrogen (secondary N) is 2. The lowest BCUT2D eigenvalue weighted by molar-refractivity contribution is 0.0436. The fraction of sp³-hybridized carbons (Fsp3) is 0.429. The first-order valence-corrected chi connectivity index (χ1v) is 9.40. The van der Waals surface area contributed by atoms with E-state index in [9.17, 15) is 9.50 Å². The minimum absolute atomic E-state index is 0.0941. The molecule has 2 aromatic rings. The molecule has 4 nitrogen and oxygen atoms in total. The quantitative estimate of drug-likeness (QED) is 0.788. The van der Waals surface area contributed by atoms with Gasteiger partial charge in [0, 0.05) is 31.5 Å². The molecule has 2 aliphatic heterocycles. The van der Waals surface area contributed by atoms with Gasteiger partial charge in [0.2, 0.25) is 0 Å². The Morgan fingerprint density at radius 1 is 1.04 bits per heavy atom. The molecule has 3 N–H and O–H groups in total. The van der Waals surface area contributed by atoms with Crippen LogP contribution in [0, 0.1) is 11.7 Å². The zero-order valence-corrected chi connectivity index (χ0v) is 14.8. The van der Waals surface area contributed by atoms with Crippen molar-refractivity contribution in [1.29, 1.82) is 0 Å². The number of hydrazine groups is 1. The van der Waals surface area contributed by atoms with Crippen LogP contribution in [0.1, 0.15) is 29.5 Å². The van der Waals surface area contributed by atoms with Crippen LogP contribution in [-0.2, 0) is 0 Å². The predicted octanol–water partition coefficient (Wildman–Crippen LogP) is 2.44. The van der Waals surface area contributed by atoms with Gasteiger partial charge in [0.1, 0.15) is 5.82 Å². The molecule has 2 aromatic carbocycles. The molecule has 2 unspecified atom stereocenters. The third kappa shape index (κ3) is 3.81. The molecule has 0 aromatic heterocycles. The molecule has 0 spiro atoms. The van der Waals surface area contributed by atoms with Crippen LogP contribution >= 0.6 is 0 Å². The number of benzene rings is 2. The van der Waals surface area contributed by atoms with Gasteiger partial charge in [0.25, 0.3) is 0 Å². The molecule has 0 radical (unpaired) electrons. The topological polar surface area (TPSA) is 47.5 Å². The molecule has 0 amide bonds. The van der Waals surface area contributed by atoms with E-state index in [1.807, 2.05) is 6.07 Å². The lowest BCUT2D eigenvalue weighted by Gasteiger charge is -2.38. The fourth-order valence-electron chi connectivity index (χ4n) is 4.31. The van der Waals surface area contributed by atoms with Gasteiger partial charge in [-0.15, -0.1) is 0 Å². The number of likely N-dealkylation sites (tertiary alicyclic amines) is 1. The SMILES string of the molecule is O[C@@H]1CN(CC2CNNC2c2ccccc2)CC[C@H]1c1ccc(F)cc1. The zero-order valence-electron chi connectivity index (χ0n) is 14.8. The Hall–Kier alpha value is -1.79. The van der Waals surface area contributed by atoms with E-state index in [0.29, 0.717) is 18.5 Å². The Morgan fingerprint density at radius 2 is 1.81 bits per heavy atom. The molecule has 2 aliphatic rings. The Bertz CT molecular complexity index is 709. The van der Waals surface area contributed by atoms with Gasteiger partial charge in [-0.2, -0.15) is 0 Å². The first-order valence-electron chi connectivity index (χ1n) is 9.40. The van der Waals surface area contributed by atoms with Gasteiger partial charge in [-0.05, 0) is 36.2 Å². The van der Waals surface area contributed by atoms with Crippen LogP contribution in [0.25, 0.3) is 0 Å². The highest BCUT2D eigenvalue weighted by molar-refractivity contribution is 5.23. The van der Waals surface area contributed by atoms with Gasteiger partial charge in [0.15, 0.2) is 0 Å². The molecule has 2 fully saturated rings. The van der Waals surface area contributed by atoms with Crippen molar-refractivity contribution in [3.8, 4) is 0 Å². The van der Waals surface area contributed by atoms with Crippen LogP contribution in [-0.4, -0.2) is 42.3 Å². The summed E-state index contributed by atoms with van der Waals surface area (Å²) < 4.78 is 13.1. The van der Waals surface area contributed by atoms with Gasteiger partial charge in [-0.25, -0.2) is 9.82 Å². The number of halogens is 1. The van der Waals surface area contributed by atoms with Crippen LogP contribution in [0.3, 0.4) is 0 Å². The zero-order chi connectivity index (χ0) is 17.9. The van der Waals surface area contributed by atoms with Crippen molar-refractivity contribution in [2.24, 2.45) is 5.92 Å². The van der Waals surface area contributed by atoms with E-state index in [0.717, 1.165) is 31.6 Å². The normalized spacial score (nSPS) is 29.8. The maximum atomic E-state index is 13.1. The molecule has 5 heteroatoms. The molecule has 138 valence electrons. The Kier molecular flexibility index (Phi) is 5.31. The average molecular weight is 355 g/mol. The van der Waals surface area contributed by atoms with Crippen molar-refractivity contribution in [2.45, 2.75) is 24.5 Å². The molecular formula is C21H26FN3O. The maximum absolute atomic E-state index is 13.1. The number of nitrogens with zero attached hydrogens (tertiary/aromatic N) is 1. The van der Waals surface area contributed by atoms with Crippen LogP contribution < -0.4 is 10.9 Å². The average Bonchev–Trinajstić information content (AvgIpc) is 3.12. The summed E-state index contributed by atoms with van der Waals surface area (Å²) in [5, 5.41) is 10.7. The number of β-amino-alcohol motifs (C(OH)–C–C–N with tert-alkyl or cyclic N) is 1. The lowest BCUT2D eigenvalue weighted by atomic mass is 9.86. The highest BCUT2D eigenvalue weighted by Gasteiger charge is 2.34. The summed E-state index contributed by atoms with van der Waals surface area (Å²) in [5.74, 6) is 0.331. The molecule has 2 heterocycles. The minimum Gasteiger partial charge on any atom is -0.391 e. The number of piperidine rings is 1. The van der Waals surface area contributed by atoms with Crippen LogP contribution in [0.5, 0.6) is 0 Å². The Balaban J connectivity index is 1.37. The summed E-state index contributed by atoms with van der Waals surface area (Å²) in [5.41, 5.74) is 9.00. The van der Waals surface area contributed by atoms with Gasteiger partial charge >= 0.3 is 0 Å². The third-order valence-corrected chi connectivity index (χ3v) is 5.71. The van der Waals surface area contributed by atoms with Gasteiger partial charge in [-0.3, -0.25) is 5.43 Å². The minimum atomic E-state index is -0.410.